The first-order chi connectivity index (χ1) is 8.90. The summed E-state index contributed by atoms with van der Waals surface area (Å²) < 4.78 is 6.11. The highest BCUT2D eigenvalue weighted by Crippen LogP contribution is 2.45. The summed E-state index contributed by atoms with van der Waals surface area (Å²) >= 11 is 0. The van der Waals surface area contributed by atoms with Gasteiger partial charge < -0.3 is 4.74 Å². The molecule has 0 radical (unpaired) electrons. The Kier molecular flexibility index (Phi) is 3.11. The maximum atomic E-state index is 8.57. The van der Waals surface area contributed by atoms with Crippen LogP contribution in [0.4, 0.5) is 0 Å². The molecule has 1 saturated carbocycles. The Morgan fingerprint density at radius 3 is 3.00 bits per heavy atom. The monoisotopic (exact) mass is 243 g/mol. The zero-order valence-corrected chi connectivity index (χ0v) is 10.3. The minimum atomic E-state index is 0.313. The number of hydrogen-bond acceptors (Lipinski definition) is 2. The number of rotatable bonds is 2. The summed E-state index contributed by atoms with van der Waals surface area (Å²) in [4.78, 5) is 2.92. The van der Waals surface area contributed by atoms with Gasteiger partial charge >= 0.3 is 0 Å². The molecule has 18 heavy (non-hydrogen) atoms. The van der Waals surface area contributed by atoms with Gasteiger partial charge in [0.15, 0.2) is 0 Å². The van der Waals surface area contributed by atoms with Gasteiger partial charge in [0, 0.05) is 17.4 Å². The van der Waals surface area contributed by atoms with E-state index in [9.17, 15) is 0 Å². The summed E-state index contributed by atoms with van der Waals surface area (Å²) in [5.74, 6) is 1.83. The molecule has 0 unspecified atom stereocenters. The number of nitrogens with zero attached hydrogens (tertiary/aromatic N) is 3. The van der Waals surface area contributed by atoms with E-state index >= 15 is 0 Å². The summed E-state index contributed by atoms with van der Waals surface area (Å²) in [7, 11) is 0. The molecule has 0 N–H and O–H groups in total. The van der Waals surface area contributed by atoms with E-state index in [1.807, 2.05) is 18.2 Å². The quantitative estimate of drug-likeness (QED) is 0.439. The Morgan fingerprint density at radius 1 is 1.28 bits per heavy atom. The normalized spacial score (nSPS) is 29.4. The third-order valence-corrected chi connectivity index (χ3v) is 4.21. The second-order valence-corrected chi connectivity index (χ2v) is 5.16. The highest BCUT2D eigenvalue weighted by molar-refractivity contribution is 5.39. The van der Waals surface area contributed by atoms with Gasteiger partial charge in [-0.1, -0.05) is 29.7 Å². The van der Waals surface area contributed by atoms with Gasteiger partial charge in [0.1, 0.15) is 11.9 Å². The molecule has 1 aliphatic heterocycles. The van der Waals surface area contributed by atoms with E-state index in [4.69, 9.17) is 10.3 Å². The van der Waals surface area contributed by atoms with Gasteiger partial charge in [-0.25, -0.2) is 0 Å². The molecule has 3 atom stereocenters. The first kappa shape index (κ1) is 11.4. The number of azide groups is 1. The number of benzene rings is 1. The average Bonchev–Trinajstić information content (AvgIpc) is 2.43. The van der Waals surface area contributed by atoms with Crippen LogP contribution in [-0.2, 0) is 0 Å². The standard InChI is InChI=1S/C14H17N3O/c15-17-16-9-12-10-5-1-3-7-13(10)18-14-8-4-2-6-11(12)14/h1,3,5,7,11-12,14H,2,4,6,8-9H2/t11-,12-,14-/m0/s1. The van der Waals surface area contributed by atoms with Gasteiger partial charge in [0.25, 0.3) is 0 Å². The molecule has 1 aromatic rings. The average molecular weight is 243 g/mol. The van der Waals surface area contributed by atoms with Crippen molar-refractivity contribution in [3.63, 3.8) is 0 Å². The minimum Gasteiger partial charge on any atom is -0.490 e. The van der Waals surface area contributed by atoms with Crippen LogP contribution in [0.2, 0.25) is 0 Å². The lowest BCUT2D eigenvalue weighted by Gasteiger charge is -2.42. The summed E-state index contributed by atoms with van der Waals surface area (Å²) in [6, 6.07) is 8.18. The fourth-order valence-electron chi connectivity index (χ4n) is 3.38. The van der Waals surface area contributed by atoms with Crippen LogP contribution in [0.15, 0.2) is 29.4 Å². The third-order valence-electron chi connectivity index (χ3n) is 4.21. The fraction of sp³-hybridized carbons (Fsp3) is 0.571. The van der Waals surface area contributed by atoms with E-state index in [1.54, 1.807) is 0 Å². The van der Waals surface area contributed by atoms with E-state index in [-0.39, 0.29) is 0 Å². The van der Waals surface area contributed by atoms with E-state index in [2.05, 4.69) is 16.1 Å². The largest absolute Gasteiger partial charge is 0.490 e. The zero-order chi connectivity index (χ0) is 12.4. The lowest BCUT2D eigenvalue weighted by molar-refractivity contribution is 0.0573. The first-order valence-electron chi connectivity index (χ1n) is 6.66. The first-order valence-corrected chi connectivity index (χ1v) is 6.66. The van der Waals surface area contributed by atoms with E-state index in [1.165, 1.54) is 24.8 Å². The fourth-order valence-corrected chi connectivity index (χ4v) is 3.38. The number of ether oxygens (including phenoxy) is 1. The van der Waals surface area contributed by atoms with Gasteiger partial charge in [-0.3, -0.25) is 0 Å². The molecule has 1 aliphatic carbocycles. The molecule has 94 valence electrons. The molecule has 2 aliphatic rings. The van der Waals surface area contributed by atoms with Crippen LogP contribution in [0, 0.1) is 5.92 Å². The van der Waals surface area contributed by atoms with E-state index < -0.39 is 0 Å². The van der Waals surface area contributed by atoms with Gasteiger partial charge in [-0.15, -0.1) is 0 Å². The molecular weight excluding hydrogens is 226 g/mol. The van der Waals surface area contributed by atoms with Crippen LogP contribution in [0.5, 0.6) is 5.75 Å². The maximum Gasteiger partial charge on any atom is 0.123 e. The molecule has 0 spiro atoms. The Morgan fingerprint density at radius 2 is 2.11 bits per heavy atom. The Balaban J connectivity index is 1.97. The minimum absolute atomic E-state index is 0.313. The van der Waals surface area contributed by atoms with Gasteiger partial charge in [0.05, 0.1) is 0 Å². The summed E-state index contributed by atoms with van der Waals surface area (Å²) in [5, 5.41) is 3.81. The molecule has 0 saturated heterocycles. The SMILES string of the molecule is [N-]=[N+]=NC[C@H]1c2ccccc2O[C@H]2CCCC[C@H]21. The molecule has 4 heteroatoms. The van der Waals surface area contributed by atoms with Crippen molar-refractivity contribution in [3.05, 3.63) is 40.3 Å². The Labute approximate surface area is 107 Å². The van der Waals surface area contributed by atoms with Crippen LogP contribution in [0.25, 0.3) is 10.4 Å². The van der Waals surface area contributed by atoms with Crippen molar-refractivity contribution < 1.29 is 4.74 Å². The van der Waals surface area contributed by atoms with Gasteiger partial charge in [0.2, 0.25) is 0 Å². The van der Waals surface area contributed by atoms with Crippen LogP contribution >= 0.6 is 0 Å². The predicted octanol–water partition coefficient (Wildman–Crippen LogP) is 4.03. The lowest BCUT2D eigenvalue weighted by Crippen LogP contribution is -2.39. The smallest absolute Gasteiger partial charge is 0.123 e. The van der Waals surface area contributed by atoms with Crippen molar-refractivity contribution in [2.75, 3.05) is 6.54 Å². The molecule has 1 fully saturated rings. The molecule has 1 heterocycles. The molecule has 4 nitrogen and oxygen atoms in total. The second kappa shape index (κ2) is 4.91. The maximum absolute atomic E-state index is 8.57. The predicted molar refractivity (Wildman–Crippen MR) is 69.6 cm³/mol. The van der Waals surface area contributed by atoms with Crippen LogP contribution < -0.4 is 4.74 Å². The van der Waals surface area contributed by atoms with Crippen molar-refractivity contribution in [2.24, 2.45) is 11.0 Å². The van der Waals surface area contributed by atoms with Crippen LogP contribution in [-0.4, -0.2) is 12.6 Å². The molecule has 1 aromatic carbocycles. The Hall–Kier alpha value is -1.67. The van der Waals surface area contributed by atoms with Crippen molar-refractivity contribution in [1.29, 1.82) is 0 Å². The van der Waals surface area contributed by atoms with E-state index in [0.717, 1.165) is 12.2 Å². The zero-order valence-electron chi connectivity index (χ0n) is 10.3. The summed E-state index contributed by atoms with van der Waals surface area (Å²) in [6.45, 7) is 0.554. The Bertz CT molecular complexity index is 482. The topological polar surface area (TPSA) is 58.0 Å². The number of hydrogen-bond donors (Lipinski definition) is 0. The molecular formula is C14H17N3O. The molecule has 3 rings (SSSR count). The summed E-state index contributed by atoms with van der Waals surface area (Å²) in [6.07, 6.45) is 5.14. The van der Waals surface area contributed by atoms with Crippen molar-refractivity contribution in [3.8, 4) is 5.75 Å². The van der Waals surface area contributed by atoms with Crippen LogP contribution in [0.3, 0.4) is 0 Å². The number of fused-ring (bicyclic) bond motifs is 2. The third kappa shape index (κ3) is 1.93. The molecule has 0 bridgehead atoms. The van der Waals surface area contributed by atoms with Crippen molar-refractivity contribution in [1.82, 2.24) is 0 Å². The highest BCUT2D eigenvalue weighted by Gasteiger charge is 2.38. The molecule has 0 amide bonds. The van der Waals surface area contributed by atoms with Gasteiger partial charge in [-0.05, 0) is 42.3 Å². The van der Waals surface area contributed by atoms with E-state index in [0.29, 0.717) is 24.5 Å². The lowest BCUT2D eigenvalue weighted by atomic mass is 9.73. The second-order valence-electron chi connectivity index (χ2n) is 5.16. The van der Waals surface area contributed by atoms with Crippen molar-refractivity contribution in [2.45, 2.75) is 37.7 Å². The highest BCUT2D eigenvalue weighted by atomic mass is 16.5. The van der Waals surface area contributed by atoms with Crippen LogP contribution in [0.1, 0.15) is 37.2 Å². The van der Waals surface area contributed by atoms with Gasteiger partial charge in [-0.2, -0.15) is 0 Å². The summed E-state index contributed by atoms with van der Waals surface area (Å²) in [5.41, 5.74) is 9.78. The molecule has 0 aromatic heterocycles. The van der Waals surface area contributed by atoms with Crippen molar-refractivity contribution >= 4 is 0 Å². The number of para-hydroxylation sites is 1.